The molecule has 0 fully saturated rings. The van der Waals surface area contributed by atoms with Gasteiger partial charge in [0, 0.05) is 0 Å². The Morgan fingerprint density at radius 2 is 1.92 bits per heavy atom. The van der Waals surface area contributed by atoms with Crippen LogP contribution in [0.4, 0.5) is 0 Å². The molecule has 0 saturated carbocycles. The minimum atomic E-state index is -0.660. The van der Waals surface area contributed by atoms with Crippen LogP contribution in [0.1, 0.15) is 15.1 Å². The van der Waals surface area contributed by atoms with Crippen LogP contribution >= 0.6 is 15.9 Å². The number of fused-ring (bicyclic) bond motifs is 1. The molecule has 0 amide bonds. The molecule has 0 aliphatic heterocycles. The van der Waals surface area contributed by atoms with Crippen LogP contribution in [-0.4, -0.2) is 30.1 Å². The van der Waals surface area contributed by atoms with Crippen molar-refractivity contribution in [3.8, 4) is 5.69 Å². The van der Waals surface area contributed by atoms with Gasteiger partial charge in [-0.05, 0) is 0 Å². The van der Waals surface area contributed by atoms with E-state index in [0.29, 0.717) is 11.3 Å². The number of nitrogens with zero attached hydrogens (tertiary/aromatic N) is 2. The Bertz CT molecular complexity index is 1110. The molecule has 24 heavy (non-hydrogen) atoms. The summed E-state index contributed by atoms with van der Waals surface area (Å²) in [7, 11) is 0. The molecule has 0 atom stereocenters. The number of benzene rings is 2. The number of aromatic nitrogens is 2. The van der Waals surface area contributed by atoms with E-state index in [4.69, 9.17) is 4.42 Å². The van der Waals surface area contributed by atoms with Gasteiger partial charge in [-0.2, -0.15) is 0 Å². The summed E-state index contributed by atoms with van der Waals surface area (Å²) in [6.45, 7) is 0. The van der Waals surface area contributed by atoms with Crippen molar-refractivity contribution in [2.75, 3.05) is 0 Å². The third-order valence-electron chi connectivity index (χ3n) is 3.44. The summed E-state index contributed by atoms with van der Waals surface area (Å²) < 4.78 is 7.87. The van der Waals surface area contributed by atoms with Crippen LogP contribution in [-0.2, 0) is 0 Å². The standard InChI is InChI=1S/C17H9BrN2O3Se/c18-11-6-7-13-10(8-11)9-14(23-13)15(21)16-19-20(17(22)24-16)12-4-2-1-3-5-12/h1-9H. The van der Waals surface area contributed by atoms with Crippen molar-refractivity contribution >= 4 is 47.2 Å². The third kappa shape index (κ3) is 2.71. The van der Waals surface area contributed by atoms with Crippen molar-refractivity contribution in [3.63, 3.8) is 0 Å². The Balaban J connectivity index is 1.75. The molecule has 118 valence electrons. The average Bonchev–Trinajstić information content (AvgIpc) is 3.18. The van der Waals surface area contributed by atoms with Crippen LogP contribution < -0.4 is 4.43 Å². The van der Waals surface area contributed by atoms with E-state index in [1.165, 1.54) is 4.68 Å². The zero-order valence-corrected chi connectivity index (χ0v) is 15.4. The number of ketones is 1. The number of rotatable bonds is 3. The van der Waals surface area contributed by atoms with Gasteiger partial charge in [0.25, 0.3) is 0 Å². The molecule has 0 saturated heterocycles. The maximum atomic E-state index is 12.6. The molecule has 2 aromatic carbocycles. The molecular weight excluding hydrogens is 439 g/mol. The molecule has 4 rings (SSSR count). The molecule has 0 bridgehead atoms. The van der Waals surface area contributed by atoms with Crippen LogP contribution in [0.5, 0.6) is 0 Å². The topological polar surface area (TPSA) is 65.1 Å². The van der Waals surface area contributed by atoms with Gasteiger partial charge < -0.3 is 0 Å². The van der Waals surface area contributed by atoms with Crippen LogP contribution in [0, 0.1) is 0 Å². The van der Waals surface area contributed by atoms with Gasteiger partial charge in [-0.15, -0.1) is 0 Å². The second kappa shape index (κ2) is 6.02. The normalized spacial score (nSPS) is 11.0. The maximum absolute atomic E-state index is 12.6. The number of furan rings is 1. The number of hydrogen-bond acceptors (Lipinski definition) is 4. The summed E-state index contributed by atoms with van der Waals surface area (Å²) in [5.74, 6) is -0.138. The Morgan fingerprint density at radius 3 is 2.71 bits per heavy atom. The van der Waals surface area contributed by atoms with Gasteiger partial charge in [-0.1, -0.05) is 0 Å². The molecule has 5 nitrogen and oxygen atoms in total. The van der Waals surface area contributed by atoms with E-state index in [9.17, 15) is 9.59 Å². The van der Waals surface area contributed by atoms with Crippen LogP contribution in [0.15, 0.2) is 68.3 Å². The van der Waals surface area contributed by atoms with Crippen molar-refractivity contribution in [2.45, 2.75) is 0 Å². The molecule has 0 radical (unpaired) electrons. The van der Waals surface area contributed by atoms with E-state index in [-0.39, 0.29) is 20.5 Å². The first-order chi connectivity index (χ1) is 11.6. The second-order valence-electron chi connectivity index (χ2n) is 5.04. The Hall–Kier alpha value is -2.21. The first-order valence-corrected chi connectivity index (χ1v) is 9.52. The van der Waals surface area contributed by atoms with E-state index in [0.717, 1.165) is 9.86 Å². The van der Waals surface area contributed by atoms with E-state index in [1.54, 1.807) is 24.3 Å². The fourth-order valence-electron chi connectivity index (χ4n) is 2.33. The summed E-state index contributed by atoms with van der Waals surface area (Å²) >= 11 is 2.73. The van der Waals surface area contributed by atoms with E-state index >= 15 is 0 Å². The third-order valence-corrected chi connectivity index (χ3v) is 5.63. The van der Waals surface area contributed by atoms with Gasteiger partial charge in [0.1, 0.15) is 0 Å². The summed E-state index contributed by atoms with van der Waals surface area (Å²) in [5.41, 5.74) is 1.28. The first-order valence-electron chi connectivity index (χ1n) is 7.01. The van der Waals surface area contributed by atoms with E-state index in [2.05, 4.69) is 21.0 Å². The molecule has 7 heteroatoms. The van der Waals surface area contributed by atoms with E-state index < -0.39 is 14.5 Å². The zero-order chi connectivity index (χ0) is 16.7. The summed E-state index contributed by atoms with van der Waals surface area (Å²) in [4.78, 5) is 24.8. The molecule has 0 aliphatic rings. The summed E-state index contributed by atoms with van der Waals surface area (Å²) in [6.07, 6.45) is 0. The number of hydrogen-bond donors (Lipinski definition) is 0. The van der Waals surface area contributed by atoms with Crippen molar-refractivity contribution in [2.24, 2.45) is 0 Å². The molecule has 2 heterocycles. The second-order valence-corrected chi connectivity index (χ2v) is 7.93. The fraction of sp³-hybridized carbons (Fsp3) is 0. The molecule has 0 spiro atoms. The fourth-order valence-corrected chi connectivity index (χ4v) is 4.21. The van der Waals surface area contributed by atoms with Gasteiger partial charge in [0.2, 0.25) is 0 Å². The first kappa shape index (κ1) is 15.3. The molecule has 0 aliphatic carbocycles. The van der Waals surface area contributed by atoms with Crippen molar-refractivity contribution in [3.05, 3.63) is 78.6 Å². The Kier molecular flexibility index (Phi) is 3.84. The predicted octanol–water partition coefficient (Wildman–Crippen LogP) is 3.03. The van der Waals surface area contributed by atoms with Gasteiger partial charge in [-0.3, -0.25) is 0 Å². The monoisotopic (exact) mass is 448 g/mol. The van der Waals surface area contributed by atoms with Crippen molar-refractivity contribution in [1.82, 2.24) is 9.78 Å². The quantitative estimate of drug-likeness (QED) is 0.357. The van der Waals surface area contributed by atoms with Gasteiger partial charge in [-0.25, -0.2) is 0 Å². The van der Waals surface area contributed by atoms with Crippen molar-refractivity contribution < 1.29 is 9.21 Å². The van der Waals surface area contributed by atoms with Crippen molar-refractivity contribution in [1.29, 1.82) is 0 Å². The molecule has 4 aromatic rings. The van der Waals surface area contributed by atoms with Gasteiger partial charge >= 0.3 is 150 Å². The number of para-hydroxylation sites is 1. The molecular formula is C17H9BrN2O3Se. The van der Waals surface area contributed by atoms with Gasteiger partial charge in [0.05, 0.1) is 0 Å². The molecule has 0 N–H and O–H groups in total. The SMILES string of the molecule is O=C(c1cc2cc(Br)ccc2o1)c1nn(-c2ccccc2)c(=O)[se]1. The van der Waals surface area contributed by atoms with Crippen LogP contribution in [0.3, 0.4) is 0 Å². The van der Waals surface area contributed by atoms with Gasteiger partial charge in [0.15, 0.2) is 0 Å². The average molecular weight is 448 g/mol. The number of carbonyl (C=O) groups excluding carboxylic acids is 1. The minimum absolute atomic E-state index is 0.170. The summed E-state index contributed by atoms with van der Waals surface area (Å²) in [6, 6.07) is 16.3. The molecule has 0 unspecified atom stereocenters. The Labute approximate surface area is 150 Å². The Morgan fingerprint density at radius 1 is 1.12 bits per heavy atom. The predicted molar refractivity (Wildman–Crippen MR) is 94.1 cm³/mol. The number of halogens is 1. The summed E-state index contributed by atoms with van der Waals surface area (Å²) in [5, 5.41) is 5.04. The van der Waals surface area contributed by atoms with E-state index in [1.807, 2.05) is 30.3 Å². The van der Waals surface area contributed by atoms with Crippen LogP contribution in [0.25, 0.3) is 16.7 Å². The number of carbonyl (C=O) groups is 1. The van der Waals surface area contributed by atoms with Crippen LogP contribution in [0.2, 0.25) is 0 Å². The molecule has 2 aromatic heterocycles. The zero-order valence-electron chi connectivity index (χ0n) is 12.1.